The largest absolute Gasteiger partial charge is 0.465 e. The number of carbonyl (C=O) groups is 1. The Morgan fingerprint density at radius 3 is 2.65 bits per heavy atom. The summed E-state index contributed by atoms with van der Waals surface area (Å²) in [6.07, 6.45) is 0. The molecule has 6 heteroatoms. The third-order valence-corrected chi connectivity index (χ3v) is 2.24. The summed E-state index contributed by atoms with van der Waals surface area (Å²) in [5, 5.41) is 2.69. The molecule has 17 heavy (non-hydrogen) atoms. The molecule has 94 valence electrons. The van der Waals surface area contributed by atoms with Gasteiger partial charge < -0.3 is 15.8 Å². The van der Waals surface area contributed by atoms with Crippen LogP contribution in [0.3, 0.4) is 0 Å². The van der Waals surface area contributed by atoms with E-state index in [0.717, 1.165) is 13.2 Å². The van der Waals surface area contributed by atoms with Crippen LogP contribution in [0, 0.1) is 11.6 Å². The summed E-state index contributed by atoms with van der Waals surface area (Å²) in [4.78, 5) is 11.1. The molecule has 0 aliphatic rings. The van der Waals surface area contributed by atoms with Crippen molar-refractivity contribution < 1.29 is 18.3 Å². The molecule has 0 saturated heterocycles. The molecule has 0 heterocycles. The highest BCUT2D eigenvalue weighted by molar-refractivity contribution is 5.90. The van der Waals surface area contributed by atoms with Crippen LogP contribution in [-0.4, -0.2) is 25.7 Å². The van der Waals surface area contributed by atoms with E-state index in [9.17, 15) is 13.6 Å². The van der Waals surface area contributed by atoms with Crippen molar-refractivity contribution in [3.8, 4) is 0 Å². The van der Waals surface area contributed by atoms with Gasteiger partial charge in [-0.3, -0.25) is 0 Å². The maximum atomic E-state index is 13.6. The predicted molar refractivity (Wildman–Crippen MR) is 59.8 cm³/mol. The van der Waals surface area contributed by atoms with Gasteiger partial charge in [-0.15, -0.1) is 0 Å². The first-order valence-corrected chi connectivity index (χ1v) is 5.04. The van der Waals surface area contributed by atoms with Gasteiger partial charge in [0, 0.05) is 12.6 Å². The highest BCUT2D eigenvalue weighted by Gasteiger charge is 2.19. The predicted octanol–water partition coefficient (Wildman–Crippen LogP) is 1.51. The Bertz CT molecular complexity index is 424. The molecule has 1 aromatic carbocycles. The fraction of sp³-hybridized carbons (Fsp3) is 0.364. The van der Waals surface area contributed by atoms with Crippen molar-refractivity contribution in [3.63, 3.8) is 0 Å². The number of methoxy groups -OCH3 is 1. The van der Waals surface area contributed by atoms with E-state index >= 15 is 0 Å². The van der Waals surface area contributed by atoms with Crippen LogP contribution in [-0.2, 0) is 4.74 Å². The van der Waals surface area contributed by atoms with E-state index in [4.69, 9.17) is 5.73 Å². The smallest absolute Gasteiger partial charge is 0.340 e. The molecule has 0 aromatic heterocycles. The van der Waals surface area contributed by atoms with Crippen LogP contribution in [0.2, 0.25) is 0 Å². The van der Waals surface area contributed by atoms with Gasteiger partial charge in [0.15, 0.2) is 11.6 Å². The topological polar surface area (TPSA) is 64.3 Å². The van der Waals surface area contributed by atoms with Crippen molar-refractivity contribution in [1.29, 1.82) is 0 Å². The number of nitrogens with one attached hydrogen (secondary N) is 1. The van der Waals surface area contributed by atoms with Crippen LogP contribution in [0.15, 0.2) is 12.1 Å². The number of hydrogen-bond donors (Lipinski definition) is 2. The van der Waals surface area contributed by atoms with E-state index < -0.39 is 23.2 Å². The minimum atomic E-state index is -1.23. The molecule has 1 atom stereocenters. The lowest BCUT2D eigenvalue weighted by atomic mass is 10.1. The van der Waals surface area contributed by atoms with Crippen molar-refractivity contribution >= 4 is 11.7 Å². The zero-order valence-corrected chi connectivity index (χ0v) is 9.59. The second-order valence-electron chi connectivity index (χ2n) is 3.56. The van der Waals surface area contributed by atoms with Gasteiger partial charge in [-0.2, -0.15) is 0 Å². The number of nitrogens with two attached hydrogens (primary N) is 1. The maximum absolute atomic E-state index is 13.6. The van der Waals surface area contributed by atoms with Crippen LogP contribution in [0.5, 0.6) is 0 Å². The number of benzene rings is 1. The Hall–Kier alpha value is -1.69. The minimum Gasteiger partial charge on any atom is -0.465 e. The number of ether oxygens (including phenoxy) is 1. The van der Waals surface area contributed by atoms with Crippen molar-refractivity contribution in [1.82, 2.24) is 0 Å². The molecule has 1 aromatic rings. The molecule has 0 aliphatic heterocycles. The summed E-state index contributed by atoms with van der Waals surface area (Å²) in [5.41, 5.74) is 4.89. The molecule has 0 fully saturated rings. The second kappa shape index (κ2) is 5.58. The number of hydrogen-bond acceptors (Lipinski definition) is 4. The van der Waals surface area contributed by atoms with Gasteiger partial charge in [0.25, 0.3) is 0 Å². The molecule has 0 aliphatic carbocycles. The maximum Gasteiger partial charge on any atom is 0.340 e. The standard InChI is InChI=1S/C11H14F2N2O2/c1-6(5-14)15-8-4-3-7(11(16)17-2)9(12)10(8)13/h3-4,6,15H,5,14H2,1-2H3. The van der Waals surface area contributed by atoms with Crippen molar-refractivity contribution in [2.75, 3.05) is 19.0 Å². The molecule has 0 spiro atoms. The summed E-state index contributed by atoms with van der Waals surface area (Å²) in [5.74, 6) is -3.26. The summed E-state index contributed by atoms with van der Waals surface area (Å²) in [7, 11) is 1.10. The Kier molecular flexibility index (Phi) is 4.39. The second-order valence-corrected chi connectivity index (χ2v) is 3.56. The lowest BCUT2D eigenvalue weighted by Crippen LogP contribution is -2.26. The van der Waals surface area contributed by atoms with E-state index in [-0.39, 0.29) is 18.3 Å². The molecule has 0 amide bonds. The molecule has 0 radical (unpaired) electrons. The normalized spacial score (nSPS) is 12.1. The first-order valence-electron chi connectivity index (χ1n) is 5.04. The van der Waals surface area contributed by atoms with Crippen molar-refractivity contribution in [3.05, 3.63) is 29.3 Å². The van der Waals surface area contributed by atoms with Gasteiger partial charge in [-0.05, 0) is 19.1 Å². The minimum absolute atomic E-state index is 0.0342. The molecule has 0 saturated carbocycles. The van der Waals surface area contributed by atoms with Gasteiger partial charge in [-0.25, -0.2) is 13.6 Å². The van der Waals surface area contributed by atoms with Gasteiger partial charge in [0.2, 0.25) is 0 Å². The quantitative estimate of drug-likeness (QED) is 0.788. The van der Waals surface area contributed by atoms with Crippen LogP contribution in [0.1, 0.15) is 17.3 Å². The van der Waals surface area contributed by atoms with Gasteiger partial charge >= 0.3 is 5.97 Å². The Balaban J connectivity index is 3.06. The summed E-state index contributed by atoms with van der Waals surface area (Å²) in [6, 6.07) is 2.24. The van der Waals surface area contributed by atoms with Crippen molar-refractivity contribution in [2.24, 2.45) is 5.73 Å². The molecule has 1 unspecified atom stereocenters. The van der Waals surface area contributed by atoms with E-state index in [1.165, 1.54) is 6.07 Å². The summed E-state index contributed by atoms with van der Waals surface area (Å²) in [6.45, 7) is 2.01. The summed E-state index contributed by atoms with van der Waals surface area (Å²) < 4.78 is 31.4. The summed E-state index contributed by atoms with van der Waals surface area (Å²) >= 11 is 0. The zero-order valence-electron chi connectivity index (χ0n) is 9.59. The van der Waals surface area contributed by atoms with Gasteiger partial charge in [0.1, 0.15) is 0 Å². The average Bonchev–Trinajstić information content (AvgIpc) is 2.34. The molecular weight excluding hydrogens is 230 g/mol. The zero-order chi connectivity index (χ0) is 13.0. The van der Waals surface area contributed by atoms with Crippen LogP contribution < -0.4 is 11.1 Å². The number of rotatable bonds is 4. The lowest BCUT2D eigenvalue weighted by Gasteiger charge is -2.14. The van der Waals surface area contributed by atoms with Crippen LogP contribution in [0.25, 0.3) is 0 Å². The highest BCUT2D eigenvalue weighted by atomic mass is 19.2. The number of anilines is 1. The molecule has 3 N–H and O–H groups in total. The number of carbonyl (C=O) groups excluding carboxylic acids is 1. The van der Waals surface area contributed by atoms with Crippen LogP contribution in [0.4, 0.5) is 14.5 Å². The van der Waals surface area contributed by atoms with E-state index in [0.29, 0.717) is 0 Å². The first-order chi connectivity index (χ1) is 8.01. The fourth-order valence-corrected chi connectivity index (χ4v) is 1.25. The first kappa shape index (κ1) is 13.4. The third-order valence-electron chi connectivity index (χ3n) is 2.24. The molecular formula is C11H14F2N2O2. The number of halogens is 2. The molecule has 1 rings (SSSR count). The Morgan fingerprint density at radius 2 is 2.12 bits per heavy atom. The van der Waals surface area contributed by atoms with Gasteiger partial charge in [0.05, 0.1) is 18.4 Å². The Labute approximate surface area is 97.8 Å². The monoisotopic (exact) mass is 244 g/mol. The fourth-order valence-electron chi connectivity index (χ4n) is 1.25. The SMILES string of the molecule is COC(=O)c1ccc(NC(C)CN)c(F)c1F. The van der Waals surface area contributed by atoms with E-state index in [2.05, 4.69) is 10.1 Å². The molecule has 4 nitrogen and oxygen atoms in total. The number of esters is 1. The van der Waals surface area contributed by atoms with Gasteiger partial charge in [-0.1, -0.05) is 0 Å². The Morgan fingerprint density at radius 1 is 1.47 bits per heavy atom. The van der Waals surface area contributed by atoms with Crippen molar-refractivity contribution in [2.45, 2.75) is 13.0 Å². The highest BCUT2D eigenvalue weighted by Crippen LogP contribution is 2.21. The average molecular weight is 244 g/mol. The van der Waals surface area contributed by atoms with E-state index in [1.807, 2.05) is 0 Å². The third kappa shape index (κ3) is 2.91. The van der Waals surface area contributed by atoms with Crippen LogP contribution >= 0.6 is 0 Å². The van der Waals surface area contributed by atoms with E-state index in [1.54, 1.807) is 6.92 Å². The molecule has 0 bridgehead atoms. The lowest BCUT2D eigenvalue weighted by molar-refractivity contribution is 0.0594.